The van der Waals surface area contributed by atoms with Crippen molar-refractivity contribution in [1.82, 2.24) is 0 Å². The molecule has 4 heteroatoms. The van der Waals surface area contributed by atoms with Crippen molar-refractivity contribution >= 4 is 33.1 Å². The summed E-state index contributed by atoms with van der Waals surface area (Å²) in [5, 5.41) is 0. The second-order valence-corrected chi connectivity index (χ2v) is 13.0. The summed E-state index contributed by atoms with van der Waals surface area (Å²) in [4.78, 5) is 3.01. The molecule has 0 aliphatic carbocycles. The first kappa shape index (κ1) is 21.5. The van der Waals surface area contributed by atoms with Crippen LogP contribution in [0.2, 0.25) is 0 Å². The molecule has 2 aliphatic heterocycles. The van der Waals surface area contributed by atoms with Crippen molar-refractivity contribution < 1.29 is 9.31 Å². The summed E-state index contributed by atoms with van der Waals surface area (Å²) in [5.41, 5.74) is 4.57. The summed E-state index contributed by atoms with van der Waals surface area (Å²) in [6, 6.07) is 17.8. The van der Waals surface area contributed by atoms with Crippen LogP contribution >= 0.6 is 10.0 Å². The molecule has 1 fully saturated rings. The van der Waals surface area contributed by atoms with Crippen LogP contribution in [0.1, 0.15) is 52.2 Å². The average molecular weight is 420 g/mol. The van der Waals surface area contributed by atoms with Crippen LogP contribution < -0.4 is 5.46 Å². The Hall–Kier alpha value is -1.75. The van der Waals surface area contributed by atoms with Gasteiger partial charge in [-0.05, 0) is 74.4 Å². The molecule has 0 radical (unpaired) electrons. The highest BCUT2D eigenvalue weighted by Crippen LogP contribution is 2.71. The van der Waals surface area contributed by atoms with Crippen molar-refractivity contribution in [2.45, 2.75) is 57.1 Å². The fourth-order valence-electron chi connectivity index (χ4n) is 4.46. The number of benzene rings is 2. The summed E-state index contributed by atoms with van der Waals surface area (Å²) < 4.78 is 12.5. The molecule has 2 aliphatic rings. The molecule has 2 nitrogen and oxygen atoms in total. The zero-order valence-electron chi connectivity index (χ0n) is 19.1. The van der Waals surface area contributed by atoms with E-state index in [4.69, 9.17) is 9.31 Å². The van der Waals surface area contributed by atoms with E-state index in [1.807, 2.05) is 6.08 Å². The van der Waals surface area contributed by atoms with Crippen molar-refractivity contribution in [2.75, 3.05) is 12.0 Å². The van der Waals surface area contributed by atoms with E-state index in [0.29, 0.717) is 0 Å². The highest BCUT2D eigenvalue weighted by atomic mass is 32.3. The first-order valence-corrected chi connectivity index (χ1v) is 13.0. The molecule has 0 N–H and O–H groups in total. The van der Waals surface area contributed by atoms with Crippen LogP contribution in [-0.4, -0.2) is 30.3 Å². The maximum Gasteiger partial charge on any atom is 0.494 e. The van der Waals surface area contributed by atoms with Crippen molar-refractivity contribution in [3.63, 3.8) is 0 Å². The molecular formula is C26H33BO2S. The third kappa shape index (κ3) is 3.21. The molecule has 158 valence electrons. The highest BCUT2D eigenvalue weighted by molar-refractivity contribution is 8.41. The molecule has 0 spiro atoms. The van der Waals surface area contributed by atoms with E-state index in [1.54, 1.807) is 0 Å². The van der Waals surface area contributed by atoms with Crippen molar-refractivity contribution in [1.29, 1.82) is 0 Å². The van der Waals surface area contributed by atoms with Crippen LogP contribution in [0, 0.1) is 0 Å². The molecule has 1 unspecified atom stereocenters. The fraction of sp³-hybridized carbons (Fsp3) is 0.385. The zero-order valence-corrected chi connectivity index (χ0v) is 19.9. The van der Waals surface area contributed by atoms with E-state index in [9.17, 15) is 0 Å². The lowest BCUT2D eigenvalue weighted by atomic mass is 9.79. The highest BCUT2D eigenvalue weighted by Gasteiger charge is 2.51. The van der Waals surface area contributed by atoms with Gasteiger partial charge in [-0.2, -0.15) is 10.0 Å². The maximum atomic E-state index is 6.25. The van der Waals surface area contributed by atoms with Crippen LogP contribution in [0.25, 0.3) is 10.5 Å². The number of rotatable bonds is 5. The summed E-state index contributed by atoms with van der Waals surface area (Å²) >= 11 is 0. The van der Waals surface area contributed by atoms with Crippen LogP contribution in [0.4, 0.5) is 0 Å². The van der Waals surface area contributed by atoms with Gasteiger partial charge < -0.3 is 9.31 Å². The number of fused-ring (bicyclic) bond motifs is 1. The Morgan fingerprint density at radius 2 is 1.57 bits per heavy atom. The molecule has 30 heavy (non-hydrogen) atoms. The van der Waals surface area contributed by atoms with Gasteiger partial charge in [-0.25, -0.2) is 0 Å². The number of allylic oxidation sites excluding steroid dienone is 2. The van der Waals surface area contributed by atoms with Crippen LogP contribution in [0.5, 0.6) is 0 Å². The van der Waals surface area contributed by atoms with Gasteiger partial charge in [0, 0.05) is 9.80 Å². The second-order valence-electron chi connectivity index (χ2n) is 9.38. The third-order valence-electron chi connectivity index (χ3n) is 7.05. The summed E-state index contributed by atoms with van der Waals surface area (Å²) in [7, 11) is -1.39. The number of hydrogen-bond acceptors (Lipinski definition) is 2. The maximum absolute atomic E-state index is 6.25. The SMILES string of the molecule is C=CCC1=C(c2ccc(B3OC(C)(C)C(C)(C)O3)cc2)S(C)(CC)c2ccccc21. The van der Waals surface area contributed by atoms with Gasteiger partial charge >= 0.3 is 7.12 Å². The third-order valence-corrected chi connectivity index (χ3v) is 10.9. The fourth-order valence-corrected chi connectivity index (χ4v) is 7.73. The van der Waals surface area contributed by atoms with Crippen molar-refractivity contribution in [3.05, 3.63) is 72.3 Å². The van der Waals surface area contributed by atoms with E-state index >= 15 is 0 Å². The van der Waals surface area contributed by atoms with Gasteiger partial charge in [-0.15, -0.1) is 6.58 Å². The van der Waals surface area contributed by atoms with Gasteiger partial charge in [0.15, 0.2) is 0 Å². The van der Waals surface area contributed by atoms with Gasteiger partial charge in [-0.1, -0.05) is 55.5 Å². The minimum Gasteiger partial charge on any atom is -0.399 e. The molecule has 4 rings (SSSR count). The Morgan fingerprint density at radius 1 is 0.967 bits per heavy atom. The van der Waals surface area contributed by atoms with Crippen molar-refractivity contribution in [3.8, 4) is 0 Å². The Balaban J connectivity index is 1.75. The van der Waals surface area contributed by atoms with Gasteiger partial charge in [0.2, 0.25) is 0 Å². The Bertz CT molecular complexity index is 990. The Labute approximate surface area is 183 Å². The lowest BCUT2D eigenvalue weighted by Crippen LogP contribution is -2.41. The minimum atomic E-state index is -1.07. The second kappa shape index (κ2) is 7.44. The van der Waals surface area contributed by atoms with Crippen molar-refractivity contribution in [2.24, 2.45) is 0 Å². The van der Waals surface area contributed by atoms with Crippen LogP contribution in [-0.2, 0) is 9.31 Å². The van der Waals surface area contributed by atoms with E-state index in [2.05, 4.69) is 96.0 Å². The smallest absolute Gasteiger partial charge is 0.399 e. The van der Waals surface area contributed by atoms with Crippen LogP contribution in [0.15, 0.2) is 66.1 Å². The first-order valence-electron chi connectivity index (χ1n) is 10.8. The summed E-state index contributed by atoms with van der Waals surface area (Å²) in [5.74, 6) is 1.14. The lowest BCUT2D eigenvalue weighted by Gasteiger charge is -2.35. The Morgan fingerprint density at radius 3 is 2.13 bits per heavy atom. The molecule has 0 aromatic heterocycles. The molecule has 2 aromatic carbocycles. The lowest BCUT2D eigenvalue weighted by molar-refractivity contribution is 0.00578. The van der Waals surface area contributed by atoms with Gasteiger partial charge in [0.05, 0.1) is 11.2 Å². The normalized spacial score (nSPS) is 26.4. The summed E-state index contributed by atoms with van der Waals surface area (Å²) in [6.45, 7) is 14.7. The van der Waals surface area contributed by atoms with Gasteiger partial charge in [-0.3, -0.25) is 0 Å². The van der Waals surface area contributed by atoms with E-state index in [-0.39, 0.29) is 18.3 Å². The molecule has 2 heterocycles. The quantitative estimate of drug-likeness (QED) is 0.420. The molecule has 1 saturated heterocycles. The molecule has 0 amide bonds. The predicted molar refractivity (Wildman–Crippen MR) is 133 cm³/mol. The minimum absolute atomic E-state index is 0.323. The van der Waals surface area contributed by atoms with E-state index in [0.717, 1.165) is 17.6 Å². The number of hydrogen-bond donors (Lipinski definition) is 0. The Kier molecular flexibility index (Phi) is 5.33. The monoisotopic (exact) mass is 420 g/mol. The predicted octanol–water partition coefficient (Wildman–Crippen LogP) is 6.26. The standard InChI is InChI=1S/C26H33BO2S/c1-8-12-22-21-13-10-11-14-23(21)30(7,9-2)24(22)19-15-17-20(18-16-19)27-28-25(3,4)26(5,6)29-27/h8,10-11,13-18H,1,9,12H2,2-7H3. The molecule has 1 atom stereocenters. The molecular weight excluding hydrogens is 387 g/mol. The van der Waals surface area contributed by atoms with Gasteiger partial charge in [0.25, 0.3) is 0 Å². The van der Waals surface area contributed by atoms with Crippen LogP contribution in [0.3, 0.4) is 0 Å². The topological polar surface area (TPSA) is 18.5 Å². The zero-order chi connectivity index (χ0) is 21.7. The van der Waals surface area contributed by atoms with E-state index < -0.39 is 10.0 Å². The average Bonchev–Trinajstić information content (AvgIpc) is 3.10. The first-order chi connectivity index (χ1) is 14.1. The summed E-state index contributed by atoms with van der Waals surface area (Å²) in [6.07, 6.45) is 5.39. The molecule has 0 bridgehead atoms. The van der Waals surface area contributed by atoms with Gasteiger partial charge in [0.1, 0.15) is 0 Å². The van der Waals surface area contributed by atoms with E-state index in [1.165, 1.54) is 26.5 Å². The molecule has 2 aromatic rings. The largest absolute Gasteiger partial charge is 0.494 e. The molecule has 0 saturated carbocycles.